The smallest absolute Gasteiger partial charge is 0.346 e. The number of aliphatic imine (C=N–C) groups is 1. The van der Waals surface area contributed by atoms with Crippen LogP contribution in [0.1, 0.15) is 25.6 Å². The Bertz CT molecular complexity index is 412. The standard InChI is InChI=1S/C10H14N4OS/c1-6(2)3-14-8(7-4-16-5-12-7)9(11)13-10(14)15/h4-6,8H,3H2,1-2H3,(H2,11,13,15). The van der Waals surface area contributed by atoms with Gasteiger partial charge in [-0.25, -0.2) is 9.78 Å². The lowest BCUT2D eigenvalue weighted by molar-refractivity contribution is 0.198. The number of carbonyl (C=O) groups is 1. The van der Waals surface area contributed by atoms with Crippen LogP contribution >= 0.6 is 11.3 Å². The number of thiazole rings is 1. The molecule has 0 fully saturated rings. The fourth-order valence-corrected chi connectivity index (χ4v) is 2.32. The molecular formula is C10H14N4OS. The molecule has 0 bridgehead atoms. The fourth-order valence-electron chi connectivity index (χ4n) is 1.75. The largest absolute Gasteiger partial charge is 0.385 e. The number of rotatable bonds is 3. The summed E-state index contributed by atoms with van der Waals surface area (Å²) in [4.78, 5) is 21.3. The van der Waals surface area contributed by atoms with Gasteiger partial charge in [0.25, 0.3) is 0 Å². The first kappa shape index (κ1) is 11.1. The molecule has 6 heteroatoms. The highest BCUT2D eigenvalue weighted by molar-refractivity contribution is 7.07. The Morgan fingerprint density at radius 3 is 2.94 bits per heavy atom. The molecule has 16 heavy (non-hydrogen) atoms. The normalized spacial score (nSPS) is 20.7. The van der Waals surface area contributed by atoms with Gasteiger partial charge in [0, 0.05) is 11.9 Å². The van der Waals surface area contributed by atoms with Gasteiger partial charge < -0.3 is 10.6 Å². The molecule has 1 atom stereocenters. The van der Waals surface area contributed by atoms with Crippen molar-refractivity contribution in [2.75, 3.05) is 6.54 Å². The minimum atomic E-state index is -0.277. The number of hydrogen-bond acceptors (Lipinski definition) is 4. The number of carbonyl (C=O) groups excluding carboxylic acids is 1. The lowest BCUT2D eigenvalue weighted by Crippen LogP contribution is -2.36. The van der Waals surface area contributed by atoms with Crippen molar-refractivity contribution in [2.24, 2.45) is 16.6 Å². The monoisotopic (exact) mass is 238 g/mol. The maximum Gasteiger partial charge on any atom is 0.346 e. The zero-order valence-corrected chi connectivity index (χ0v) is 10.1. The van der Waals surface area contributed by atoms with E-state index in [0.29, 0.717) is 18.3 Å². The van der Waals surface area contributed by atoms with Crippen LogP contribution in [0.5, 0.6) is 0 Å². The van der Waals surface area contributed by atoms with Gasteiger partial charge in [-0.2, -0.15) is 4.99 Å². The summed E-state index contributed by atoms with van der Waals surface area (Å²) < 4.78 is 0. The molecule has 0 aromatic carbocycles. The molecule has 1 aliphatic heterocycles. The van der Waals surface area contributed by atoms with E-state index in [1.807, 2.05) is 5.38 Å². The third-order valence-corrected chi connectivity index (χ3v) is 2.96. The molecule has 1 aromatic heterocycles. The average Bonchev–Trinajstić information content (AvgIpc) is 2.75. The fraction of sp³-hybridized carbons (Fsp3) is 0.500. The highest BCUT2D eigenvalue weighted by Crippen LogP contribution is 2.27. The van der Waals surface area contributed by atoms with Crippen molar-refractivity contribution in [1.82, 2.24) is 9.88 Å². The van der Waals surface area contributed by atoms with Gasteiger partial charge in [0.05, 0.1) is 11.2 Å². The molecule has 0 aliphatic carbocycles. The molecule has 0 radical (unpaired) electrons. The van der Waals surface area contributed by atoms with Gasteiger partial charge in [-0.1, -0.05) is 13.8 Å². The zero-order chi connectivity index (χ0) is 11.7. The molecule has 0 spiro atoms. The summed E-state index contributed by atoms with van der Waals surface area (Å²) in [5.74, 6) is 0.725. The minimum Gasteiger partial charge on any atom is -0.385 e. The molecule has 2 N–H and O–H groups in total. The first-order valence-electron chi connectivity index (χ1n) is 5.12. The second-order valence-electron chi connectivity index (χ2n) is 4.18. The van der Waals surface area contributed by atoms with Gasteiger partial charge >= 0.3 is 6.03 Å². The summed E-state index contributed by atoms with van der Waals surface area (Å²) in [5.41, 5.74) is 8.32. The molecule has 1 aliphatic rings. The van der Waals surface area contributed by atoms with Crippen LogP contribution in [0.4, 0.5) is 4.79 Å². The molecule has 86 valence electrons. The van der Waals surface area contributed by atoms with Gasteiger partial charge in [-0.3, -0.25) is 0 Å². The van der Waals surface area contributed by atoms with Gasteiger partial charge in [0.15, 0.2) is 0 Å². The quantitative estimate of drug-likeness (QED) is 0.870. The van der Waals surface area contributed by atoms with Gasteiger partial charge in [0.2, 0.25) is 0 Å². The molecule has 2 heterocycles. The number of amides is 2. The van der Waals surface area contributed by atoms with Crippen LogP contribution in [0, 0.1) is 5.92 Å². The Labute approximate surface area is 98.0 Å². The Morgan fingerprint density at radius 2 is 2.38 bits per heavy atom. The maximum absolute atomic E-state index is 11.7. The Hall–Kier alpha value is -1.43. The first-order chi connectivity index (χ1) is 7.59. The summed E-state index contributed by atoms with van der Waals surface area (Å²) in [7, 11) is 0. The number of hydrogen-bond donors (Lipinski definition) is 1. The number of urea groups is 1. The average molecular weight is 238 g/mol. The van der Waals surface area contributed by atoms with Crippen molar-refractivity contribution < 1.29 is 4.79 Å². The van der Waals surface area contributed by atoms with Gasteiger partial charge in [0.1, 0.15) is 11.9 Å². The van der Waals surface area contributed by atoms with Crippen LogP contribution in [-0.4, -0.2) is 28.3 Å². The van der Waals surface area contributed by atoms with Crippen molar-refractivity contribution in [1.29, 1.82) is 0 Å². The predicted molar refractivity (Wildman–Crippen MR) is 63.4 cm³/mol. The van der Waals surface area contributed by atoms with Crippen LogP contribution in [0.25, 0.3) is 0 Å². The van der Waals surface area contributed by atoms with E-state index in [0.717, 1.165) is 5.69 Å². The predicted octanol–water partition coefficient (Wildman–Crippen LogP) is 1.63. The highest BCUT2D eigenvalue weighted by atomic mass is 32.1. The molecular weight excluding hydrogens is 224 g/mol. The molecule has 0 saturated heterocycles. The van der Waals surface area contributed by atoms with E-state index in [4.69, 9.17) is 5.73 Å². The molecule has 2 amide bonds. The van der Waals surface area contributed by atoms with Crippen molar-refractivity contribution >= 4 is 23.2 Å². The van der Waals surface area contributed by atoms with Crippen molar-refractivity contribution in [3.8, 4) is 0 Å². The van der Waals surface area contributed by atoms with E-state index in [-0.39, 0.29) is 12.1 Å². The number of amidine groups is 1. The van der Waals surface area contributed by atoms with Crippen LogP contribution in [-0.2, 0) is 0 Å². The van der Waals surface area contributed by atoms with Crippen molar-refractivity contribution in [2.45, 2.75) is 19.9 Å². The topological polar surface area (TPSA) is 71.6 Å². The maximum atomic E-state index is 11.7. The summed E-state index contributed by atoms with van der Waals surface area (Å²) >= 11 is 1.49. The third-order valence-electron chi connectivity index (χ3n) is 2.36. The first-order valence-corrected chi connectivity index (χ1v) is 6.06. The van der Waals surface area contributed by atoms with E-state index in [1.165, 1.54) is 11.3 Å². The van der Waals surface area contributed by atoms with Crippen LogP contribution < -0.4 is 5.73 Å². The van der Waals surface area contributed by atoms with Crippen LogP contribution in [0.3, 0.4) is 0 Å². The molecule has 1 unspecified atom stereocenters. The van der Waals surface area contributed by atoms with E-state index < -0.39 is 0 Å². The van der Waals surface area contributed by atoms with E-state index in [9.17, 15) is 4.79 Å². The summed E-state index contributed by atoms with van der Waals surface area (Å²) in [5, 5.41) is 1.90. The lowest BCUT2D eigenvalue weighted by atomic mass is 10.1. The van der Waals surface area contributed by atoms with Gasteiger partial charge in [-0.15, -0.1) is 11.3 Å². The molecule has 1 aromatic rings. The molecule has 5 nitrogen and oxygen atoms in total. The molecule has 2 rings (SSSR count). The second-order valence-corrected chi connectivity index (χ2v) is 4.90. The second kappa shape index (κ2) is 4.21. The number of nitrogens with two attached hydrogens (primary N) is 1. The highest BCUT2D eigenvalue weighted by Gasteiger charge is 2.35. The van der Waals surface area contributed by atoms with E-state index in [1.54, 1.807) is 10.4 Å². The molecule has 0 saturated carbocycles. The van der Waals surface area contributed by atoms with E-state index in [2.05, 4.69) is 23.8 Å². The van der Waals surface area contributed by atoms with E-state index >= 15 is 0 Å². The SMILES string of the molecule is CC(C)CN1C(=O)N=C(N)C1c1cscn1. The van der Waals surface area contributed by atoms with Crippen molar-refractivity contribution in [3.63, 3.8) is 0 Å². The summed E-state index contributed by atoms with van der Waals surface area (Å²) in [6.45, 7) is 4.75. The van der Waals surface area contributed by atoms with Crippen LogP contribution in [0.2, 0.25) is 0 Å². The Morgan fingerprint density at radius 1 is 1.62 bits per heavy atom. The Balaban J connectivity index is 2.27. The zero-order valence-electron chi connectivity index (χ0n) is 9.25. The van der Waals surface area contributed by atoms with Crippen molar-refractivity contribution in [3.05, 3.63) is 16.6 Å². The lowest BCUT2D eigenvalue weighted by Gasteiger charge is -2.24. The van der Waals surface area contributed by atoms with Gasteiger partial charge in [-0.05, 0) is 5.92 Å². The number of nitrogens with zero attached hydrogens (tertiary/aromatic N) is 3. The minimum absolute atomic E-state index is 0.260. The summed E-state index contributed by atoms with van der Waals surface area (Å²) in [6, 6.07) is -0.537. The van der Waals surface area contributed by atoms with Crippen LogP contribution in [0.15, 0.2) is 15.9 Å². The summed E-state index contributed by atoms with van der Waals surface area (Å²) in [6.07, 6.45) is 0. The third kappa shape index (κ3) is 1.92. The number of aromatic nitrogens is 1. The Kier molecular flexibility index (Phi) is 2.91.